The largest absolute Gasteiger partial charge is 0.490 e. The first-order valence-corrected chi connectivity index (χ1v) is 8.65. The highest BCUT2D eigenvalue weighted by atomic mass is 16.6. The molecule has 0 bridgehead atoms. The number of likely N-dealkylation sites (tertiary alicyclic amines) is 1. The van der Waals surface area contributed by atoms with Crippen LogP contribution in [0.5, 0.6) is 5.75 Å². The topological polar surface area (TPSA) is 38.8 Å². The van der Waals surface area contributed by atoms with Gasteiger partial charge in [0.1, 0.15) is 19.0 Å². The summed E-state index contributed by atoms with van der Waals surface area (Å²) in [4.78, 5) is 14.1. The van der Waals surface area contributed by atoms with Crippen molar-refractivity contribution in [2.45, 2.75) is 25.5 Å². The van der Waals surface area contributed by atoms with E-state index in [1.54, 1.807) is 4.90 Å². The SMILES string of the molecule is O=C(OCc1ccccc1)N1CCCC1C=CCOc1ccccc1. The number of hydrogen-bond acceptors (Lipinski definition) is 3. The van der Waals surface area contributed by atoms with E-state index in [0.717, 1.165) is 30.7 Å². The van der Waals surface area contributed by atoms with Crippen molar-refractivity contribution in [1.29, 1.82) is 0 Å². The van der Waals surface area contributed by atoms with E-state index in [9.17, 15) is 4.79 Å². The molecule has 1 heterocycles. The Morgan fingerprint density at radius 2 is 1.80 bits per heavy atom. The Hall–Kier alpha value is -2.75. The Labute approximate surface area is 148 Å². The molecule has 130 valence electrons. The first kappa shape index (κ1) is 17.1. The summed E-state index contributed by atoms with van der Waals surface area (Å²) in [5.41, 5.74) is 0.999. The Morgan fingerprint density at radius 1 is 1.08 bits per heavy atom. The number of rotatable bonds is 6. The molecule has 1 atom stereocenters. The molecule has 1 aliphatic rings. The normalized spacial score (nSPS) is 17.0. The summed E-state index contributed by atoms with van der Waals surface area (Å²) in [5, 5.41) is 0. The minimum Gasteiger partial charge on any atom is -0.490 e. The van der Waals surface area contributed by atoms with Crippen LogP contribution in [0.25, 0.3) is 0 Å². The third kappa shape index (κ3) is 5.11. The molecule has 4 nitrogen and oxygen atoms in total. The van der Waals surface area contributed by atoms with Crippen molar-refractivity contribution >= 4 is 6.09 Å². The van der Waals surface area contributed by atoms with Crippen LogP contribution in [-0.4, -0.2) is 30.2 Å². The van der Waals surface area contributed by atoms with Crippen LogP contribution < -0.4 is 4.74 Å². The smallest absolute Gasteiger partial charge is 0.410 e. The molecule has 2 aromatic rings. The van der Waals surface area contributed by atoms with Crippen LogP contribution in [0.15, 0.2) is 72.8 Å². The van der Waals surface area contributed by atoms with E-state index in [-0.39, 0.29) is 12.1 Å². The molecular weight excluding hydrogens is 314 g/mol. The summed E-state index contributed by atoms with van der Waals surface area (Å²) in [7, 11) is 0. The number of carbonyl (C=O) groups is 1. The number of hydrogen-bond donors (Lipinski definition) is 0. The number of para-hydroxylation sites is 1. The van der Waals surface area contributed by atoms with Gasteiger partial charge in [0.15, 0.2) is 0 Å². The zero-order valence-electron chi connectivity index (χ0n) is 14.2. The zero-order chi connectivity index (χ0) is 17.3. The van der Waals surface area contributed by atoms with Crippen LogP contribution in [0.2, 0.25) is 0 Å². The van der Waals surface area contributed by atoms with E-state index in [2.05, 4.69) is 0 Å². The molecule has 4 heteroatoms. The Kier molecular flexibility index (Phi) is 6.10. The molecule has 1 amide bonds. The van der Waals surface area contributed by atoms with E-state index >= 15 is 0 Å². The van der Waals surface area contributed by atoms with E-state index < -0.39 is 0 Å². The number of ether oxygens (including phenoxy) is 2. The molecular formula is C21H23NO3. The maximum absolute atomic E-state index is 12.3. The highest BCUT2D eigenvalue weighted by Gasteiger charge is 2.27. The fraction of sp³-hybridized carbons (Fsp3) is 0.286. The second-order valence-electron chi connectivity index (χ2n) is 6.00. The summed E-state index contributed by atoms with van der Waals surface area (Å²) in [6.07, 6.45) is 5.72. The van der Waals surface area contributed by atoms with Gasteiger partial charge in [-0.1, -0.05) is 54.6 Å². The predicted molar refractivity (Wildman–Crippen MR) is 97.4 cm³/mol. The lowest BCUT2D eigenvalue weighted by Gasteiger charge is -2.21. The van der Waals surface area contributed by atoms with E-state index in [4.69, 9.17) is 9.47 Å². The van der Waals surface area contributed by atoms with Crippen LogP contribution in [-0.2, 0) is 11.3 Å². The first-order chi connectivity index (χ1) is 12.3. The molecule has 1 saturated heterocycles. The molecule has 0 N–H and O–H groups in total. The summed E-state index contributed by atoms with van der Waals surface area (Å²) in [6, 6.07) is 19.5. The quantitative estimate of drug-likeness (QED) is 0.732. The fourth-order valence-electron chi connectivity index (χ4n) is 2.90. The van der Waals surface area contributed by atoms with Crippen LogP contribution in [0.1, 0.15) is 18.4 Å². The molecule has 0 radical (unpaired) electrons. The number of carbonyl (C=O) groups excluding carboxylic acids is 1. The Balaban J connectivity index is 1.46. The number of nitrogens with zero attached hydrogens (tertiary/aromatic N) is 1. The van der Waals surface area contributed by atoms with Gasteiger partial charge in [-0.25, -0.2) is 4.79 Å². The van der Waals surface area contributed by atoms with Gasteiger partial charge in [-0.15, -0.1) is 0 Å². The van der Waals surface area contributed by atoms with Crippen LogP contribution in [0, 0.1) is 0 Å². The number of benzene rings is 2. The monoisotopic (exact) mass is 337 g/mol. The van der Waals surface area contributed by atoms with Crippen LogP contribution >= 0.6 is 0 Å². The molecule has 1 aliphatic heterocycles. The molecule has 0 aromatic heterocycles. The molecule has 1 unspecified atom stereocenters. The van der Waals surface area contributed by atoms with Gasteiger partial charge in [0, 0.05) is 6.54 Å². The van der Waals surface area contributed by atoms with Crippen LogP contribution in [0.3, 0.4) is 0 Å². The maximum Gasteiger partial charge on any atom is 0.410 e. The lowest BCUT2D eigenvalue weighted by atomic mass is 10.2. The molecule has 1 fully saturated rings. The van der Waals surface area contributed by atoms with E-state index in [0.29, 0.717) is 13.2 Å². The number of amides is 1. The third-order valence-electron chi connectivity index (χ3n) is 4.19. The van der Waals surface area contributed by atoms with E-state index in [1.807, 2.05) is 72.8 Å². The first-order valence-electron chi connectivity index (χ1n) is 8.65. The predicted octanol–water partition coefficient (Wildman–Crippen LogP) is 4.42. The Bertz CT molecular complexity index is 685. The average Bonchev–Trinajstić information content (AvgIpc) is 3.14. The van der Waals surface area contributed by atoms with Gasteiger partial charge >= 0.3 is 6.09 Å². The molecule has 0 spiro atoms. The van der Waals surface area contributed by atoms with Crippen molar-refractivity contribution in [2.75, 3.05) is 13.2 Å². The van der Waals surface area contributed by atoms with Gasteiger partial charge in [0.25, 0.3) is 0 Å². The molecule has 2 aromatic carbocycles. The molecule has 25 heavy (non-hydrogen) atoms. The average molecular weight is 337 g/mol. The minimum atomic E-state index is -0.250. The van der Waals surface area contributed by atoms with Gasteiger partial charge in [-0.2, -0.15) is 0 Å². The minimum absolute atomic E-state index is 0.0858. The second-order valence-corrected chi connectivity index (χ2v) is 6.00. The van der Waals surface area contributed by atoms with Gasteiger partial charge in [-0.05, 0) is 36.6 Å². The lowest BCUT2D eigenvalue weighted by molar-refractivity contribution is 0.0974. The maximum atomic E-state index is 12.3. The van der Waals surface area contributed by atoms with Crippen molar-refractivity contribution in [3.63, 3.8) is 0 Å². The van der Waals surface area contributed by atoms with Crippen molar-refractivity contribution in [3.05, 3.63) is 78.4 Å². The van der Waals surface area contributed by atoms with Gasteiger partial charge < -0.3 is 14.4 Å². The molecule has 3 rings (SSSR count). The van der Waals surface area contributed by atoms with Crippen molar-refractivity contribution in [3.8, 4) is 5.75 Å². The van der Waals surface area contributed by atoms with Gasteiger partial charge in [0.05, 0.1) is 6.04 Å². The highest BCUT2D eigenvalue weighted by molar-refractivity contribution is 5.68. The van der Waals surface area contributed by atoms with Crippen LogP contribution in [0.4, 0.5) is 4.79 Å². The Morgan fingerprint density at radius 3 is 2.56 bits per heavy atom. The summed E-state index contributed by atoms with van der Waals surface area (Å²) in [6.45, 7) is 1.54. The molecule has 0 aliphatic carbocycles. The third-order valence-corrected chi connectivity index (χ3v) is 4.19. The molecule has 0 saturated carbocycles. The standard InChI is InChI=1S/C21H23NO3/c23-21(25-17-18-9-3-1-4-10-18)22-15-7-11-19(22)12-8-16-24-20-13-5-2-6-14-20/h1-6,8-10,12-14,19H,7,11,15-17H2. The van der Waals surface area contributed by atoms with Crippen molar-refractivity contribution < 1.29 is 14.3 Å². The van der Waals surface area contributed by atoms with E-state index in [1.165, 1.54) is 0 Å². The summed E-state index contributed by atoms with van der Waals surface area (Å²) in [5.74, 6) is 0.845. The summed E-state index contributed by atoms with van der Waals surface area (Å²) >= 11 is 0. The summed E-state index contributed by atoms with van der Waals surface area (Å²) < 4.78 is 11.1. The fourth-order valence-corrected chi connectivity index (χ4v) is 2.90. The zero-order valence-corrected chi connectivity index (χ0v) is 14.2. The van der Waals surface area contributed by atoms with Crippen molar-refractivity contribution in [2.24, 2.45) is 0 Å². The highest BCUT2D eigenvalue weighted by Crippen LogP contribution is 2.20. The van der Waals surface area contributed by atoms with Gasteiger partial charge in [0.2, 0.25) is 0 Å². The second kappa shape index (κ2) is 8.92. The lowest BCUT2D eigenvalue weighted by Crippen LogP contribution is -2.34. The van der Waals surface area contributed by atoms with Gasteiger partial charge in [-0.3, -0.25) is 0 Å². The van der Waals surface area contributed by atoms with Crippen molar-refractivity contribution in [1.82, 2.24) is 4.90 Å².